The summed E-state index contributed by atoms with van der Waals surface area (Å²) in [5.41, 5.74) is 8.04. The molecule has 0 saturated carbocycles. The predicted molar refractivity (Wildman–Crippen MR) is 154 cm³/mol. The summed E-state index contributed by atoms with van der Waals surface area (Å²) in [6.45, 7) is 2.25. The SMILES string of the molecule is Cc1c(-c2c3oc4ccc(-n5c6ccccc6c6ccccc65)cc4c3cc[n+]2C)[se]c2ccccc12. The summed E-state index contributed by atoms with van der Waals surface area (Å²) in [5.74, 6) is 0. The van der Waals surface area contributed by atoms with E-state index in [0.717, 1.165) is 27.6 Å². The van der Waals surface area contributed by atoms with E-state index < -0.39 is 0 Å². The van der Waals surface area contributed by atoms with E-state index in [4.69, 9.17) is 4.42 Å². The monoisotopic (exact) mass is 543 g/mol. The Hall–Kier alpha value is -4.11. The van der Waals surface area contributed by atoms with Crippen LogP contribution in [-0.4, -0.2) is 19.1 Å². The van der Waals surface area contributed by atoms with E-state index in [1.807, 2.05) is 0 Å². The van der Waals surface area contributed by atoms with Gasteiger partial charge in [-0.25, -0.2) is 0 Å². The van der Waals surface area contributed by atoms with Crippen LogP contribution in [0.2, 0.25) is 0 Å². The van der Waals surface area contributed by atoms with E-state index in [0.29, 0.717) is 0 Å². The Bertz CT molecular complexity index is 2120. The molecule has 4 aromatic carbocycles. The number of hydrogen-bond donors (Lipinski definition) is 0. The molecule has 4 aromatic heterocycles. The van der Waals surface area contributed by atoms with Crippen molar-refractivity contribution in [3.8, 4) is 15.8 Å². The van der Waals surface area contributed by atoms with Crippen LogP contribution >= 0.6 is 0 Å². The summed E-state index contributed by atoms with van der Waals surface area (Å²) in [7, 11) is 2.13. The molecule has 0 radical (unpaired) electrons. The molecule has 0 bridgehead atoms. The van der Waals surface area contributed by atoms with Crippen molar-refractivity contribution >= 4 is 67.9 Å². The zero-order chi connectivity index (χ0) is 24.7. The summed E-state index contributed by atoms with van der Waals surface area (Å²) < 4.78 is 14.1. The summed E-state index contributed by atoms with van der Waals surface area (Å²) in [6.07, 6.45) is 2.18. The van der Waals surface area contributed by atoms with E-state index in [-0.39, 0.29) is 14.5 Å². The molecule has 0 saturated heterocycles. The van der Waals surface area contributed by atoms with Gasteiger partial charge in [0.05, 0.1) is 0 Å². The van der Waals surface area contributed by atoms with Crippen LogP contribution < -0.4 is 4.57 Å². The summed E-state index contributed by atoms with van der Waals surface area (Å²) in [6, 6.07) is 34.9. The van der Waals surface area contributed by atoms with Crippen molar-refractivity contribution in [3.63, 3.8) is 0 Å². The van der Waals surface area contributed by atoms with E-state index in [1.54, 1.807) is 0 Å². The Kier molecular flexibility index (Phi) is 4.37. The Morgan fingerprint density at radius 3 is 2.11 bits per heavy atom. The van der Waals surface area contributed by atoms with Gasteiger partial charge in [0.2, 0.25) is 0 Å². The van der Waals surface area contributed by atoms with Gasteiger partial charge in [0.25, 0.3) is 0 Å². The molecule has 3 nitrogen and oxygen atoms in total. The first-order valence-electron chi connectivity index (χ1n) is 12.5. The Labute approximate surface area is 219 Å². The van der Waals surface area contributed by atoms with Gasteiger partial charge in [-0.1, -0.05) is 0 Å². The van der Waals surface area contributed by atoms with Gasteiger partial charge >= 0.3 is 220 Å². The predicted octanol–water partition coefficient (Wildman–Crippen LogP) is 7.69. The third-order valence-electron chi connectivity index (χ3n) is 7.64. The van der Waals surface area contributed by atoms with Crippen LogP contribution in [0.25, 0.3) is 69.2 Å². The standard InChI is InChI=1S/C33H23N2OSe/c1-20-22-9-5-8-14-30(22)37-33(20)31-32-25(17-18-34(31)2)26-19-21(15-16-29(26)36-32)35-27-12-6-3-10-23(27)24-11-4-7-13-28(24)35/h3-19H,1-2H3/q+1. The molecule has 0 aliphatic rings. The first kappa shape index (κ1) is 21.0. The maximum absolute atomic E-state index is 6.62. The molecular weight excluding hydrogens is 519 g/mol. The van der Waals surface area contributed by atoms with Gasteiger partial charge in [-0.05, 0) is 0 Å². The van der Waals surface area contributed by atoms with E-state index in [9.17, 15) is 0 Å². The van der Waals surface area contributed by atoms with Gasteiger partial charge in [0.15, 0.2) is 0 Å². The molecule has 0 spiro atoms. The van der Waals surface area contributed by atoms with E-state index >= 15 is 0 Å². The van der Waals surface area contributed by atoms with Crippen molar-refractivity contribution in [1.82, 2.24) is 4.57 Å². The van der Waals surface area contributed by atoms with Crippen LogP contribution in [0.5, 0.6) is 0 Å². The summed E-state index contributed by atoms with van der Waals surface area (Å²) in [5, 5.41) is 6.24. The van der Waals surface area contributed by atoms with Crippen LogP contribution in [0, 0.1) is 6.92 Å². The van der Waals surface area contributed by atoms with Gasteiger partial charge in [0.1, 0.15) is 0 Å². The molecule has 0 amide bonds. The van der Waals surface area contributed by atoms with Crippen molar-refractivity contribution in [2.24, 2.45) is 7.05 Å². The number of benzene rings is 4. The zero-order valence-electron chi connectivity index (χ0n) is 20.5. The van der Waals surface area contributed by atoms with Gasteiger partial charge in [0, 0.05) is 0 Å². The van der Waals surface area contributed by atoms with Crippen LogP contribution in [-0.2, 0) is 7.05 Å². The molecule has 176 valence electrons. The second kappa shape index (κ2) is 7.69. The number of furan rings is 1. The Morgan fingerprint density at radius 2 is 1.38 bits per heavy atom. The Morgan fingerprint density at radius 1 is 0.703 bits per heavy atom. The summed E-state index contributed by atoms with van der Waals surface area (Å²) >= 11 is 0.250. The first-order valence-corrected chi connectivity index (χ1v) is 14.2. The van der Waals surface area contributed by atoms with Crippen molar-refractivity contribution in [3.05, 3.63) is 109 Å². The number of aryl methyl sites for hydroxylation is 2. The second-order valence-corrected chi connectivity index (χ2v) is 11.9. The fraction of sp³-hybridized carbons (Fsp3) is 0.0606. The third kappa shape index (κ3) is 2.91. The molecule has 0 unspecified atom stereocenters. The number of fused-ring (bicyclic) bond motifs is 7. The summed E-state index contributed by atoms with van der Waals surface area (Å²) in [4.78, 5) is 0. The van der Waals surface area contributed by atoms with Crippen molar-refractivity contribution in [2.75, 3.05) is 0 Å². The van der Waals surface area contributed by atoms with Crippen molar-refractivity contribution < 1.29 is 8.98 Å². The van der Waals surface area contributed by atoms with Crippen molar-refractivity contribution in [2.45, 2.75) is 6.92 Å². The number of rotatable bonds is 2. The van der Waals surface area contributed by atoms with Crippen LogP contribution in [0.15, 0.2) is 108 Å². The topological polar surface area (TPSA) is 21.9 Å². The molecule has 0 fully saturated rings. The minimum absolute atomic E-state index is 0.250. The zero-order valence-corrected chi connectivity index (χ0v) is 22.2. The minimum atomic E-state index is 0.250. The van der Waals surface area contributed by atoms with Crippen LogP contribution in [0.4, 0.5) is 0 Å². The average molecular weight is 543 g/mol. The molecular formula is C33H23N2OSe+. The third-order valence-corrected chi connectivity index (χ3v) is 10.3. The second-order valence-electron chi connectivity index (χ2n) is 9.72. The van der Waals surface area contributed by atoms with Crippen LogP contribution in [0.1, 0.15) is 5.56 Å². The van der Waals surface area contributed by atoms with Gasteiger partial charge in [-0.2, -0.15) is 0 Å². The number of aromatic nitrogens is 2. The van der Waals surface area contributed by atoms with E-state index in [2.05, 4.69) is 126 Å². The number of para-hydroxylation sites is 2. The fourth-order valence-electron chi connectivity index (χ4n) is 5.87. The number of pyridine rings is 1. The van der Waals surface area contributed by atoms with Gasteiger partial charge in [-0.15, -0.1) is 0 Å². The first-order chi connectivity index (χ1) is 18.2. The molecule has 4 heterocycles. The Balaban J connectivity index is 1.42. The number of hydrogen-bond acceptors (Lipinski definition) is 1. The van der Waals surface area contributed by atoms with Gasteiger partial charge < -0.3 is 0 Å². The van der Waals surface area contributed by atoms with Gasteiger partial charge in [-0.3, -0.25) is 0 Å². The average Bonchev–Trinajstić information content (AvgIpc) is 3.58. The molecule has 8 aromatic rings. The molecule has 37 heavy (non-hydrogen) atoms. The molecule has 0 atom stereocenters. The fourth-order valence-corrected chi connectivity index (χ4v) is 8.59. The quantitative estimate of drug-likeness (QED) is 0.162. The molecule has 0 aliphatic carbocycles. The molecule has 4 heteroatoms. The number of nitrogens with zero attached hydrogens (tertiary/aromatic N) is 2. The van der Waals surface area contributed by atoms with E-state index in [1.165, 1.54) is 47.1 Å². The normalized spacial score (nSPS) is 12.1. The molecule has 0 aliphatic heterocycles. The van der Waals surface area contributed by atoms with Crippen molar-refractivity contribution in [1.29, 1.82) is 0 Å². The molecule has 0 N–H and O–H groups in total. The van der Waals surface area contributed by atoms with Crippen LogP contribution in [0.3, 0.4) is 0 Å². The maximum atomic E-state index is 6.62. The molecule has 8 rings (SSSR count).